The predicted octanol–water partition coefficient (Wildman–Crippen LogP) is -1.78. The van der Waals surface area contributed by atoms with Crippen molar-refractivity contribution in [1.82, 2.24) is 15.2 Å². The molecule has 3 N–H and O–H groups in total. The number of hydrazine groups is 1. The Labute approximate surface area is 72.5 Å². The molecule has 1 saturated heterocycles. The largest absolute Gasteiger partial charge is 0.304 e. The second-order valence-corrected chi connectivity index (χ2v) is 3.15. The Morgan fingerprint density at radius 2 is 2.00 bits per heavy atom. The molecule has 1 rings (SSSR count). The standard InChI is InChI=1S/C7H16N4O/c1-10-2-4-11(5-3-10)6-7(12)9-8/h2-6,8H2,1H3,(H,9,12)/i6+1,11+1,12+2. The van der Waals surface area contributed by atoms with E-state index in [1.807, 2.05) is 0 Å². The first-order chi connectivity index (χ1) is 5.72. The summed E-state index contributed by atoms with van der Waals surface area (Å²) in [6.07, 6.45) is 0. The molecule has 0 unspecified atom stereocenters. The number of nitrogens with zero attached hydrogens (tertiary/aromatic N) is 2. The van der Waals surface area contributed by atoms with Crippen molar-refractivity contribution in [2.24, 2.45) is 5.84 Å². The Balaban J connectivity index is 2.21. The highest BCUT2D eigenvalue weighted by molar-refractivity contribution is 5.77. The van der Waals surface area contributed by atoms with Crippen LogP contribution in [0.15, 0.2) is 0 Å². The van der Waals surface area contributed by atoms with Gasteiger partial charge in [0, 0.05) is 26.2 Å². The lowest BCUT2D eigenvalue weighted by molar-refractivity contribution is -0.122. The minimum absolute atomic E-state index is 0.112. The number of nitrogens with two attached hydrogens (primary N) is 1. The van der Waals surface area contributed by atoms with Crippen molar-refractivity contribution >= 4 is 5.91 Å². The maximum absolute atomic E-state index is 10.9. The highest BCUT2D eigenvalue weighted by atomic mass is 18.1. The summed E-state index contributed by atoms with van der Waals surface area (Å²) in [5.74, 6) is 4.87. The number of carbonyl (C=O) groups is 1. The fourth-order valence-electron chi connectivity index (χ4n) is 1.25. The van der Waals surface area contributed by atoms with E-state index in [1.165, 1.54) is 0 Å². The highest BCUT2D eigenvalue weighted by Gasteiger charge is 2.15. The average Bonchev–Trinajstić information content (AvgIpc) is 2.09. The molecule has 0 saturated carbocycles. The van der Waals surface area contributed by atoms with Crippen LogP contribution in [0.4, 0.5) is 0 Å². The molecule has 1 amide bonds. The lowest BCUT2D eigenvalue weighted by Crippen LogP contribution is -2.49. The number of hydrogen-bond donors (Lipinski definition) is 2. The van der Waals surface area contributed by atoms with Crippen LogP contribution in [0.2, 0.25) is 0 Å². The number of rotatable bonds is 2. The van der Waals surface area contributed by atoms with E-state index in [1.54, 1.807) is 0 Å². The third-order valence-electron chi connectivity index (χ3n) is 2.12. The normalized spacial score (nSPS) is 20.8. The zero-order valence-electron chi connectivity index (χ0n) is 7.42. The van der Waals surface area contributed by atoms with Gasteiger partial charge in [-0.1, -0.05) is 0 Å². The third kappa shape index (κ3) is 2.77. The van der Waals surface area contributed by atoms with E-state index in [0.717, 1.165) is 26.2 Å². The van der Waals surface area contributed by atoms with Gasteiger partial charge >= 0.3 is 0 Å². The fourth-order valence-corrected chi connectivity index (χ4v) is 1.25. The van der Waals surface area contributed by atoms with Crippen molar-refractivity contribution in [3.63, 3.8) is 0 Å². The van der Waals surface area contributed by atoms with E-state index >= 15 is 0 Å². The molecule has 0 aliphatic carbocycles. The molecule has 0 bridgehead atoms. The Kier molecular flexibility index (Phi) is 3.46. The van der Waals surface area contributed by atoms with Gasteiger partial charge in [0.2, 0.25) is 5.91 Å². The molecular formula is C7H16N4O. The van der Waals surface area contributed by atoms with Gasteiger partial charge in [-0.25, -0.2) is 5.84 Å². The minimum Gasteiger partial charge on any atom is -0.304 e. The van der Waals surface area contributed by atoms with Crippen LogP contribution in [0.3, 0.4) is 0 Å². The van der Waals surface area contributed by atoms with Crippen LogP contribution in [-0.4, -0.2) is 55.5 Å². The molecular weight excluding hydrogens is 160 g/mol. The first kappa shape index (κ1) is 9.44. The smallest absolute Gasteiger partial charge is 0.248 e. The Hall–Kier alpha value is -0.650. The summed E-state index contributed by atoms with van der Waals surface area (Å²) >= 11 is 0. The Morgan fingerprint density at radius 1 is 1.42 bits per heavy atom. The topological polar surface area (TPSA) is 61.6 Å². The van der Waals surface area contributed by atoms with Crippen molar-refractivity contribution in [1.29, 1.82) is 0 Å². The molecule has 5 nitrogen and oxygen atoms in total. The molecule has 0 atom stereocenters. The fraction of sp³-hybridized carbons (Fsp3) is 0.857. The molecule has 70 valence electrons. The van der Waals surface area contributed by atoms with Crippen LogP contribution in [-0.2, 0) is 4.79 Å². The van der Waals surface area contributed by atoms with Gasteiger partial charge in [0.05, 0.1) is 6.54 Å². The number of likely N-dealkylation sites (N-methyl/N-ethyl adjacent to an activating group) is 1. The maximum atomic E-state index is 10.9. The molecule has 1 aliphatic rings. The van der Waals surface area contributed by atoms with Crippen LogP contribution < -0.4 is 11.3 Å². The van der Waals surface area contributed by atoms with Gasteiger partial charge in [-0.05, 0) is 7.05 Å². The van der Waals surface area contributed by atoms with E-state index < -0.39 is 0 Å². The number of piperazine rings is 1. The van der Waals surface area contributed by atoms with E-state index in [-0.39, 0.29) is 5.91 Å². The van der Waals surface area contributed by atoms with Crippen LogP contribution in [0.5, 0.6) is 0 Å². The number of nitrogens with one attached hydrogen (secondary N) is 1. The molecule has 0 aromatic rings. The first-order valence-electron chi connectivity index (χ1n) is 4.12. The first-order valence-corrected chi connectivity index (χ1v) is 4.12. The molecule has 5 heteroatoms. The quantitative estimate of drug-likeness (QED) is 0.130. The number of amides is 1. The molecule has 0 aromatic carbocycles. The summed E-state index contributed by atoms with van der Waals surface area (Å²) in [5.41, 5.74) is 2.13. The van der Waals surface area contributed by atoms with Crippen LogP contribution in [0, 0.1) is 0 Å². The van der Waals surface area contributed by atoms with Crippen LogP contribution in [0.1, 0.15) is 0 Å². The van der Waals surface area contributed by atoms with Gasteiger partial charge in [-0.2, -0.15) is 0 Å². The van der Waals surface area contributed by atoms with Crippen LogP contribution >= 0.6 is 0 Å². The second-order valence-electron chi connectivity index (χ2n) is 3.15. The van der Waals surface area contributed by atoms with E-state index in [2.05, 4.69) is 22.3 Å². The maximum Gasteiger partial charge on any atom is 0.248 e. The minimum atomic E-state index is -0.112. The van der Waals surface area contributed by atoms with E-state index in [4.69, 9.17) is 5.84 Å². The predicted molar refractivity (Wildman–Crippen MR) is 46.3 cm³/mol. The van der Waals surface area contributed by atoms with Gasteiger partial charge in [-0.3, -0.25) is 15.1 Å². The zero-order valence-corrected chi connectivity index (χ0v) is 7.42. The molecule has 1 fully saturated rings. The SMILES string of the molecule is CN1CC[15N]([13CH2]C(=[18O])NN)CC1. The lowest BCUT2D eigenvalue weighted by Gasteiger charge is -2.31. The zero-order chi connectivity index (χ0) is 8.97. The van der Waals surface area contributed by atoms with Gasteiger partial charge in [0.25, 0.3) is 0 Å². The second kappa shape index (κ2) is 4.39. The summed E-state index contributed by atoms with van der Waals surface area (Å²) in [4.78, 5) is 15.2. The molecule has 0 spiro atoms. The summed E-state index contributed by atoms with van der Waals surface area (Å²) in [7, 11) is 2.08. The molecule has 1 aliphatic heterocycles. The van der Waals surface area contributed by atoms with Crippen molar-refractivity contribution in [3.8, 4) is 0 Å². The third-order valence-corrected chi connectivity index (χ3v) is 2.12. The van der Waals surface area contributed by atoms with E-state index in [0.29, 0.717) is 6.54 Å². The molecule has 0 radical (unpaired) electrons. The molecule has 0 aromatic heterocycles. The monoisotopic (exact) mass is 176 g/mol. The molecule has 1 heterocycles. The summed E-state index contributed by atoms with van der Waals surface area (Å²) in [5, 5.41) is 0. The highest BCUT2D eigenvalue weighted by Crippen LogP contribution is 1.97. The number of carbonyl (C=O) groups excluding carboxylic acids is 1. The Bertz CT molecular complexity index is 153. The van der Waals surface area contributed by atoms with Crippen molar-refractivity contribution in [3.05, 3.63) is 0 Å². The average molecular weight is 176 g/mol. The lowest BCUT2D eigenvalue weighted by atomic mass is 10.4. The van der Waals surface area contributed by atoms with Gasteiger partial charge in [0.15, 0.2) is 0 Å². The molecule has 12 heavy (non-hydrogen) atoms. The Morgan fingerprint density at radius 3 is 2.50 bits per heavy atom. The van der Waals surface area contributed by atoms with Gasteiger partial charge < -0.3 is 4.90 Å². The van der Waals surface area contributed by atoms with Crippen molar-refractivity contribution in [2.75, 3.05) is 39.8 Å². The summed E-state index contributed by atoms with van der Waals surface area (Å²) < 4.78 is 0. The number of hydrogen-bond acceptors (Lipinski definition) is 4. The van der Waals surface area contributed by atoms with Crippen LogP contribution in [0.25, 0.3) is 0 Å². The summed E-state index contributed by atoms with van der Waals surface area (Å²) in [6.45, 7) is 4.37. The van der Waals surface area contributed by atoms with Gasteiger partial charge in [-0.15, -0.1) is 0 Å². The summed E-state index contributed by atoms with van der Waals surface area (Å²) in [6, 6.07) is 0. The van der Waals surface area contributed by atoms with E-state index in [9.17, 15) is 4.79 Å². The van der Waals surface area contributed by atoms with Crippen molar-refractivity contribution < 1.29 is 4.79 Å². The van der Waals surface area contributed by atoms with Crippen molar-refractivity contribution in [2.45, 2.75) is 0 Å². The van der Waals surface area contributed by atoms with Gasteiger partial charge in [0.1, 0.15) is 0 Å².